The third kappa shape index (κ3) is 2.52. The molecular formula is C10H14N4OS. The van der Waals surface area contributed by atoms with E-state index in [2.05, 4.69) is 15.5 Å². The summed E-state index contributed by atoms with van der Waals surface area (Å²) in [5.41, 5.74) is 4.72. The van der Waals surface area contributed by atoms with Crippen LogP contribution in [-0.4, -0.2) is 21.1 Å². The molecule has 0 aromatic carbocycles. The molecule has 6 heteroatoms. The molecule has 0 fully saturated rings. The van der Waals surface area contributed by atoms with Gasteiger partial charge in [0.1, 0.15) is 0 Å². The van der Waals surface area contributed by atoms with Crippen molar-refractivity contribution in [3.05, 3.63) is 18.3 Å². The molecule has 1 unspecified atom stereocenters. The first-order chi connectivity index (χ1) is 7.50. The van der Waals surface area contributed by atoms with Crippen molar-refractivity contribution in [1.82, 2.24) is 10.2 Å². The fourth-order valence-electron chi connectivity index (χ4n) is 1.07. The number of nitrogens with one attached hydrogen (secondary N) is 1. The Bertz CT molecular complexity index is 395. The molecule has 5 nitrogen and oxygen atoms in total. The molecule has 1 heterocycles. The van der Waals surface area contributed by atoms with Crippen molar-refractivity contribution in [2.75, 3.05) is 5.32 Å². The second kappa shape index (κ2) is 4.98. The van der Waals surface area contributed by atoms with Gasteiger partial charge < -0.3 is 11.1 Å². The average Bonchev–Trinajstić information content (AvgIpc) is 2.28. The number of thiocarbonyl (C=S) groups is 1. The molecule has 1 amide bonds. The lowest BCUT2D eigenvalue weighted by molar-refractivity contribution is -0.121. The SMILES string of the molecule is CCC(C)(C(=O)Nc1cccnn1)C(N)=S. The van der Waals surface area contributed by atoms with Gasteiger partial charge in [-0.05, 0) is 25.5 Å². The topological polar surface area (TPSA) is 80.9 Å². The Morgan fingerprint density at radius 1 is 1.69 bits per heavy atom. The number of anilines is 1. The van der Waals surface area contributed by atoms with Crippen LogP contribution in [0, 0.1) is 5.41 Å². The predicted octanol–water partition coefficient (Wildman–Crippen LogP) is 1.12. The summed E-state index contributed by atoms with van der Waals surface area (Å²) in [4.78, 5) is 12.1. The summed E-state index contributed by atoms with van der Waals surface area (Å²) < 4.78 is 0. The zero-order valence-corrected chi connectivity index (χ0v) is 10.0. The fourth-order valence-corrected chi connectivity index (χ4v) is 1.31. The number of hydrogen-bond donors (Lipinski definition) is 2. The van der Waals surface area contributed by atoms with Crippen molar-refractivity contribution >= 4 is 28.9 Å². The molecule has 0 aliphatic heterocycles. The van der Waals surface area contributed by atoms with E-state index in [1.165, 1.54) is 6.20 Å². The van der Waals surface area contributed by atoms with E-state index in [4.69, 9.17) is 18.0 Å². The molecule has 0 spiro atoms. The number of nitrogens with zero attached hydrogens (tertiary/aromatic N) is 2. The normalized spacial score (nSPS) is 13.9. The third-order valence-corrected chi connectivity index (χ3v) is 3.02. The van der Waals surface area contributed by atoms with Gasteiger partial charge in [0.05, 0.1) is 10.4 Å². The zero-order chi connectivity index (χ0) is 12.2. The first-order valence-corrected chi connectivity index (χ1v) is 5.30. The van der Waals surface area contributed by atoms with Crippen LogP contribution in [0.25, 0.3) is 0 Å². The minimum Gasteiger partial charge on any atom is -0.392 e. The maximum atomic E-state index is 12.0. The van der Waals surface area contributed by atoms with E-state index in [9.17, 15) is 4.79 Å². The van der Waals surface area contributed by atoms with E-state index < -0.39 is 5.41 Å². The Morgan fingerprint density at radius 3 is 2.81 bits per heavy atom. The van der Waals surface area contributed by atoms with Crippen molar-refractivity contribution in [2.45, 2.75) is 20.3 Å². The Hall–Kier alpha value is -1.56. The van der Waals surface area contributed by atoms with Gasteiger partial charge in [-0.15, -0.1) is 5.10 Å². The summed E-state index contributed by atoms with van der Waals surface area (Å²) in [6.07, 6.45) is 2.07. The molecule has 1 aromatic rings. The molecule has 0 radical (unpaired) electrons. The second-order valence-electron chi connectivity index (χ2n) is 3.61. The molecule has 1 aromatic heterocycles. The quantitative estimate of drug-likeness (QED) is 0.768. The first-order valence-electron chi connectivity index (χ1n) is 4.89. The summed E-state index contributed by atoms with van der Waals surface area (Å²) >= 11 is 4.90. The monoisotopic (exact) mass is 238 g/mol. The maximum Gasteiger partial charge on any atom is 0.238 e. The molecule has 86 valence electrons. The van der Waals surface area contributed by atoms with Gasteiger partial charge in [0.15, 0.2) is 5.82 Å². The molecule has 0 saturated heterocycles. The summed E-state index contributed by atoms with van der Waals surface area (Å²) in [6, 6.07) is 3.34. The van der Waals surface area contributed by atoms with Gasteiger partial charge in [0.25, 0.3) is 0 Å². The Balaban J connectivity index is 2.83. The zero-order valence-electron chi connectivity index (χ0n) is 9.23. The molecule has 0 saturated carbocycles. The molecule has 1 atom stereocenters. The number of amides is 1. The standard InChI is InChI=1S/C10H14N4OS/c1-3-10(2,8(11)16)9(15)13-7-5-4-6-12-14-7/h4-6H,3H2,1-2H3,(H2,11,16)(H,13,14,15). The fraction of sp³-hybridized carbons (Fsp3) is 0.400. The predicted molar refractivity (Wildman–Crippen MR) is 65.8 cm³/mol. The lowest BCUT2D eigenvalue weighted by Gasteiger charge is -2.24. The molecule has 0 aliphatic rings. The molecule has 0 aliphatic carbocycles. The summed E-state index contributed by atoms with van der Waals surface area (Å²) in [5.74, 6) is 0.131. The summed E-state index contributed by atoms with van der Waals surface area (Å²) in [5, 5.41) is 10.1. The lowest BCUT2D eigenvalue weighted by Crippen LogP contribution is -2.43. The average molecular weight is 238 g/mol. The molecule has 3 N–H and O–H groups in total. The minimum absolute atomic E-state index is 0.177. The van der Waals surface area contributed by atoms with Gasteiger partial charge in [-0.25, -0.2) is 0 Å². The Kier molecular flexibility index (Phi) is 3.89. The van der Waals surface area contributed by atoms with E-state index in [-0.39, 0.29) is 10.9 Å². The third-order valence-electron chi connectivity index (χ3n) is 2.57. The highest BCUT2D eigenvalue weighted by Crippen LogP contribution is 2.23. The van der Waals surface area contributed by atoms with Crippen LogP contribution in [0.5, 0.6) is 0 Å². The summed E-state index contributed by atoms with van der Waals surface area (Å²) in [6.45, 7) is 3.57. The number of rotatable bonds is 4. The van der Waals surface area contributed by atoms with Gasteiger partial charge in [-0.3, -0.25) is 4.79 Å². The van der Waals surface area contributed by atoms with Crippen molar-refractivity contribution in [3.8, 4) is 0 Å². The van der Waals surface area contributed by atoms with Crippen LogP contribution in [0.1, 0.15) is 20.3 Å². The van der Waals surface area contributed by atoms with Crippen LogP contribution >= 0.6 is 12.2 Å². The second-order valence-corrected chi connectivity index (χ2v) is 4.05. The van der Waals surface area contributed by atoms with Gasteiger partial charge >= 0.3 is 0 Å². The smallest absolute Gasteiger partial charge is 0.238 e. The van der Waals surface area contributed by atoms with E-state index in [1.807, 2.05) is 6.92 Å². The molecule has 16 heavy (non-hydrogen) atoms. The first kappa shape index (κ1) is 12.5. The maximum absolute atomic E-state index is 12.0. The van der Waals surface area contributed by atoms with Crippen LogP contribution < -0.4 is 11.1 Å². The van der Waals surface area contributed by atoms with Crippen molar-refractivity contribution < 1.29 is 4.79 Å². The van der Waals surface area contributed by atoms with Crippen LogP contribution in [0.15, 0.2) is 18.3 Å². The van der Waals surface area contributed by atoms with Gasteiger partial charge in [0.2, 0.25) is 5.91 Å². The minimum atomic E-state index is -0.854. The van der Waals surface area contributed by atoms with E-state index in [0.717, 1.165) is 0 Å². The van der Waals surface area contributed by atoms with Gasteiger partial charge in [0, 0.05) is 6.20 Å². The number of aromatic nitrogens is 2. The summed E-state index contributed by atoms with van der Waals surface area (Å²) in [7, 11) is 0. The van der Waals surface area contributed by atoms with Crippen LogP contribution in [0.2, 0.25) is 0 Å². The molecule has 0 bridgehead atoms. The van der Waals surface area contributed by atoms with E-state index in [1.54, 1.807) is 19.1 Å². The Morgan fingerprint density at radius 2 is 2.38 bits per heavy atom. The van der Waals surface area contributed by atoms with Crippen molar-refractivity contribution in [1.29, 1.82) is 0 Å². The van der Waals surface area contributed by atoms with Gasteiger partial charge in [-0.1, -0.05) is 19.1 Å². The van der Waals surface area contributed by atoms with Crippen LogP contribution in [-0.2, 0) is 4.79 Å². The van der Waals surface area contributed by atoms with Crippen LogP contribution in [0.3, 0.4) is 0 Å². The van der Waals surface area contributed by atoms with Crippen molar-refractivity contribution in [2.24, 2.45) is 11.1 Å². The number of hydrogen-bond acceptors (Lipinski definition) is 4. The molecular weight excluding hydrogens is 224 g/mol. The van der Waals surface area contributed by atoms with Crippen LogP contribution in [0.4, 0.5) is 5.82 Å². The number of nitrogens with two attached hydrogens (primary N) is 1. The number of carbonyl (C=O) groups excluding carboxylic acids is 1. The molecule has 1 rings (SSSR count). The highest BCUT2D eigenvalue weighted by Gasteiger charge is 2.34. The lowest BCUT2D eigenvalue weighted by atomic mass is 9.86. The largest absolute Gasteiger partial charge is 0.392 e. The van der Waals surface area contributed by atoms with Gasteiger partial charge in [-0.2, -0.15) is 5.10 Å². The van der Waals surface area contributed by atoms with E-state index >= 15 is 0 Å². The Labute approximate surface area is 99.4 Å². The van der Waals surface area contributed by atoms with E-state index in [0.29, 0.717) is 12.2 Å². The highest BCUT2D eigenvalue weighted by atomic mass is 32.1. The van der Waals surface area contributed by atoms with Crippen molar-refractivity contribution in [3.63, 3.8) is 0 Å². The number of carbonyl (C=O) groups is 1. The highest BCUT2D eigenvalue weighted by molar-refractivity contribution is 7.80.